The van der Waals surface area contributed by atoms with Gasteiger partial charge in [0.05, 0.1) is 12.0 Å². The van der Waals surface area contributed by atoms with Gasteiger partial charge in [0.25, 0.3) is 0 Å². The average Bonchev–Trinajstić information content (AvgIpc) is 2.84. The smallest absolute Gasteiger partial charge is 0.242 e. The molecule has 1 atom stereocenters. The first-order chi connectivity index (χ1) is 15.7. The number of sulfonamides is 1. The van der Waals surface area contributed by atoms with Crippen molar-refractivity contribution < 1.29 is 22.7 Å². The standard InChI is InChI=1S/C24H33N3O5S/c1-5-22(24(29)25-2)27(18-19-11-9-12-20(17-19)32-4)23(28)15-10-16-26(3)33(30,31)21-13-7-6-8-14-21/h6-9,11-14,17,22H,5,10,15-16,18H2,1-4H3,(H,25,29)/t22-/m0/s1. The van der Waals surface area contributed by atoms with E-state index in [1.54, 1.807) is 49.4 Å². The van der Waals surface area contributed by atoms with Gasteiger partial charge < -0.3 is 15.0 Å². The van der Waals surface area contributed by atoms with Crippen LogP contribution in [0.4, 0.5) is 0 Å². The fraction of sp³-hybridized carbons (Fsp3) is 0.417. The van der Waals surface area contributed by atoms with Crippen molar-refractivity contribution in [3.05, 3.63) is 60.2 Å². The van der Waals surface area contributed by atoms with E-state index in [1.807, 2.05) is 31.2 Å². The Balaban J connectivity index is 2.11. The van der Waals surface area contributed by atoms with E-state index in [1.165, 1.54) is 11.4 Å². The Kier molecular flexibility index (Phi) is 9.87. The summed E-state index contributed by atoms with van der Waals surface area (Å²) < 4.78 is 31.9. The largest absolute Gasteiger partial charge is 0.497 e. The summed E-state index contributed by atoms with van der Waals surface area (Å²) in [5.41, 5.74) is 0.842. The highest BCUT2D eigenvalue weighted by Gasteiger charge is 2.28. The zero-order valence-corrected chi connectivity index (χ0v) is 20.5. The maximum Gasteiger partial charge on any atom is 0.242 e. The lowest BCUT2D eigenvalue weighted by molar-refractivity contribution is -0.141. The van der Waals surface area contributed by atoms with Crippen LogP contribution in [0.2, 0.25) is 0 Å². The number of benzene rings is 2. The van der Waals surface area contributed by atoms with Gasteiger partial charge in [0.2, 0.25) is 21.8 Å². The minimum absolute atomic E-state index is 0.117. The van der Waals surface area contributed by atoms with Gasteiger partial charge in [-0.1, -0.05) is 37.3 Å². The molecule has 9 heteroatoms. The lowest BCUT2D eigenvalue weighted by atomic mass is 10.1. The van der Waals surface area contributed by atoms with Crippen LogP contribution in [0.25, 0.3) is 0 Å². The van der Waals surface area contributed by atoms with Crippen LogP contribution < -0.4 is 10.1 Å². The van der Waals surface area contributed by atoms with E-state index in [9.17, 15) is 18.0 Å². The Hall–Kier alpha value is -2.91. The number of hydrogen-bond donors (Lipinski definition) is 1. The highest BCUT2D eigenvalue weighted by atomic mass is 32.2. The molecule has 0 aromatic heterocycles. The van der Waals surface area contributed by atoms with Gasteiger partial charge in [0, 0.05) is 33.6 Å². The zero-order valence-electron chi connectivity index (χ0n) is 19.7. The first-order valence-corrected chi connectivity index (χ1v) is 12.3. The second kappa shape index (κ2) is 12.4. The van der Waals surface area contributed by atoms with Crippen molar-refractivity contribution in [2.24, 2.45) is 0 Å². The quantitative estimate of drug-likeness (QED) is 0.509. The highest BCUT2D eigenvalue weighted by Crippen LogP contribution is 2.19. The molecule has 0 aliphatic rings. The number of methoxy groups -OCH3 is 1. The summed E-state index contributed by atoms with van der Waals surface area (Å²) in [6, 6.07) is 14.9. The molecule has 0 unspecified atom stereocenters. The number of hydrogen-bond acceptors (Lipinski definition) is 5. The number of nitrogens with zero attached hydrogens (tertiary/aromatic N) is 2. The van der Waals surface area contributed by atoms with E-state index in [0.29, 0.717) is 18.6 Å². The average molecular weight is 476 g/mol. The summed E-state index contributed by atoms with van der Waals surface area (Å²) in [5, 5.41) is 2.63. The van der Waals surface area contributed by atoms with Crippen LogP contribution in [-0.4, -0.2) is 63.2 Å². The lowest BCUT2D eigenvalue weighted by Gasteiger charge is -2.30. The Morgan fingerprint density at radius 1 is 1.09 bits per heavy atom. The zero-order chi connectivity index (χ0) is 24.4. The number of rotatable bonds is 12. The lowest BCUT2D eigenvalue weighted by Crippen LogP contribution is -2.48. The Bertz CT molecular complexity index is 1030. The number of nitrogens with one attached hydrogen (secondary N) is 1. The van der Waals surface area contributed by atoms with Crippen LogP contribution in [0, 0.1) is 0 Å². The van der Waals surface area contributed by atoms with Crippen molar-refractivity contribution >= 4 is 21.8 Å². The molecule has 0 aliphatic carbocycles. The van der Waals surface area contributed by atoms with Crippen LogP contribution in [-0.2, 0) is 26.2 Å². The van der Waals surface area contributed by atoms with Gasteiger partial charge in [0.15, 0.2) is 0 Å². The van der Waals surface area contributed by atoms with Gasteiger partial charge in [-0.15, -0.1) is 0 Å². The maximum atomic E-state index is 13.2. The SMILES string of the molecule is CC[C@@H](C(=O)NC)N(Cc1cccc(OC)c1)C(=O)CCCN(C)S(=O)(=O)c1ccccc1. The van der Waals surface area contributed by atoms with E-state index in [-0.39, 0.29) is 36.2 Å². The van der Waals surface area contributed by atoms with Crippen molar-refractivity contribution in [3.63, 3.8) is 0 Å². The number of ether oxygens (including phenoxy) is 1. The molecule has 0 bridgehead atoms. The van der Waals surface area contributed by atoms with Gasteiger partial charge in [-0.3, -0.25) is 9.59 Å². The first kappa shape index (κ1) is 26.3. The summed E-state index contributed by atoms with van der Waals surface area (Å²) >= 11 is 0. The summed E-state index contributed by atoms with van der Waals surface area (Å²) in [6.07, 6.45) is 0.907. The van der Waals surface area contributed by atoms with Gasteiger partial charge in [-0.2, -0.15) is 0 Å². The molecule has 2 aromatic carbocycles. The summed E-state index contributed by atoms with van der Waals surface area (Å²) in [4.78, 5) is 27.4. The predicted octanol–water partition coefficient (Wildman–Crippen LogP) is 2.65. The number of carbonyl (C=O) groups is 2. The molecule has 0 heterocycles. The third-order valence-electron chi connectivity index (χ3n) is 5.43. The van der Waals surface area contributed by atoms with Crippen LogP contribution >= 0.6 is 0 Å². The van der Waals surface area contributed by atoms with E-state index >= 15 is 0 Å². The monoisotopic (exact) mass is 475 g/mol. The highest BCUT2D eigenvalue weighted by molar-refractivity contribution is 7.89. The predicted molar refractivity (Wildman–Crippen MR) is 127 cm³/mol. The fourth-order valence-corrected chi connectivity index (χ4v) is 4.77. The van der Waals surface area contributed by atoms with Crippen LogP contribution in [0.3, 0.4) is 0 Å². The van der Waals surface area contributed by atoms with Crippen molar-refractivity contribution in [1.82, 2.24) is 14.5 Å². The Labute approximate surface area is 196 Å². The molecule has 0 saturated heterocycles. The number of amides is 2. The third-order valence-corrected chi connectivity index (χ3v) is 7.31. The molecule has 0 fully saturated rings. The molecule has 33 heavy (non-hydrogen) atoms. The van der Waals surface area contributed by atoms with Gasteiger partial charge in [-0.25, -0.2) is 12.7 Å². The molecular formula is C24H33N3O5S. The summed E-state index contributed by atoms with van der Waals surface area (Å²) in [5.74, 6) is 0.219. The van der Waals surface area contributed by atoms with E-state index in [0.717, 1.165) is 5.56 Å². The van der Waals surface area contributed by atoms with Crippen molar-refractivity contribution in [2.75, 3.05) is 27.7 Å². The molecule has 0 aliphatic heterocycles. The second-order valence-corrected chi connectivity index (χ2v) is 9.70. The van der Waals surface area contributed by atoms with E-state index < -0.39 is 16.1 Å². The Morgan fingerprint density at radius 3 is 2.39 bits per heavy atom. The third kappa shape index (κ3) is 7.03. The van der Waals surface area contributed by atoms with Gasteiger partial charge >= 0.3 is 0 Å². The van der Waals surface area contributed by atoms with Gasteiger partial charge in [0.1, 0.15) is 11.8 Å². The molecule has 2 rings (SSSR count). The van der Waals surface area contributed by atoms with E-state index in [2.05, 4.69) is 5.32 Å². The molecule has 180 valence electrons. The van der Waals surface area contributed by atoms with Gasteiger partial charge in [-0.05, 0) is 42.7 Å². The molecule has 8 nitrogen and oxygen atoms in total. The van der Waals surface area contributed by atoms with Crippen molar-refractivity contribution in [3.8, 4) is 5.75 Å². The van der Waals surface area contributed by atoms with E-state index in [4.69, 9.17) is 4.74 Å². The molecule has 0 spiro atoms. The minimum Gasteiger partial charge on any atom is -0.497 e. The molecular weight excluding hydrogens is 442 g/mol. The van der Waals surface area contributed by atoms with Crippen molar-refractivity contribution in [1.29, 1.82) is 0 Å². The second-order valence-electron chi connectivity index (χ2n) is 7.65. The van der Waals surface area contributed by atoms with Crippen LogP contribution in [0.1, 0.15) is 31.7 Å². The minimum atomic E-state index is -3.62. The normalized spacial score (nSPS) is 12.3. The molecule has 2 amide bonds. The summed E-state index contributed by atoms with van der Waals surface area (Å²) in [7, 11) is 0.994. The summed E-state index contributed by atoms with van der Waals surface area (Å²) in [6.45, 7) is 2.29. The number of likely N-dealkylation sites (N-methyl/N-ethyl adjacent to an activating group) is 1. The Morgan fingerprint density at radius 2 is 1.79 bits per heavy atom. The maximum absolute atomic E-state index is 13.2. The van der Waals surface area contributed by atoms with Crippen LogP contribution in [0.15, 0.2) is 59.5 Å². The number of carbonyl (C=O) groups excluding carboxylic acids is 2. The van der Waals surface area contributed by atoms with Crippen molar-refractivity contribution in [2.45, 2.75) is 43.7 Å². The molecule has 0 radical (unpaired) electrons. The topological polar surface area (TPSA) is 96.0 Å². The molecule has 2 aromatic rings. The fourth-order valence-electron chi connectivity index (χ4n) is 3.54. The first-order valence-electron chi connectivity index (χ1n) is 10.9. The molecule has 1 N–H and O–H groups in total. The van der Waals surface area contributed by atoms with Crippen LogP contribution in [0.5, 0.6) is 5.75 Å². The molecule has 0 saturated carbocycles.